The van der Waals surface area contributed by atoms with Gasteiger partial charge in [-0.3, -0.25) is 4.79 Å². The number of nitrogens with one attached hydrogen (secondary N) is 1. The largest absolute Gasteiger partial charge is 0.307 e. The van der Waals surface area contributed by atoms with E-state index >= 15 is 0 Å². The Morgan fingerprint density at radius 1 is 1.16 bits per heavy atom. The zero-order valence-corrected chi connectivity index (χ0v) is 15.9. The molecule has 25 heavy (non-hydrogen) atoms. The molecule has 0 amide bonds. The molecule has 0 saturated carbocycles. The maximum absolute atomic E-state index is 12.7. The standard InChI is InChI=1S/C18H20N2O3S2/c1-4-13-5-7-14(8-6-13)12(2)19-25(22,23)15-9-10-16-17(11-15)24-18(21)20(16)3/h5-12,19H,4H2,1-3H3. The van der Waals surface area contributed by atoms with Crippen LogP contribution in [0.4, 0.5) is 0 Å². The number of benzene rings is 2. The molecule has 2 aromatic carbocycles. The summed E-state index contributed by atoms with van der Waals surface area (Å²) in [5.74, 6) is 0. The summed E-state index contributed by atoms with van der Waals surface area (Å²) >= 11 is 1.04. The Morgan fingerprint density at radius 3 is 2.48 bits per heavy atom. The highest BCUT2D eigenvalue weighted by Gasteiger charge is 2.19. The second kappa shape index (κ2) is 6.74. The van der Waals surface area contributed by atoms with Crippen LogP contribution in [0, 0.1) is 0 Å². The van der Waals surface area contributed by atoms with Gasteiger partial charge in [0.25, 0.3) is 0 Å². The van der Waals surface area contributed by atoms with Crippen LogP contribution in [0.15, 0.2) is 52.2 Å². The minimum absolute atomic E-state index is 0.109. The van der Waals surface area contributed by atoms with Gasteiger partial charge >= 0.3 is 4.87 Å². The van der Waals surface area contributed by atoms with Crippen LogP contribution in [-0.4, -0.2) is 13.0 Å². The molecule has 1 atom stereocenters. The molecule has 0 aliphatic heterocycles. The molecule has 0 bridgehead atoms. The fraction of sp³-hybridized carbons (Fsp3) is 0.278. The van der Waals surface area contributed by atoms with E-state index in [2.05, 4.69) is 11.6 Å². The average molecular weight is 377 g/mol. The second-order valence-electron chi connectivity index (χ2n) is 5.99. The smallest absolute Gasteiger partial charge is 0.302 e. The maximum atomic E-state index is 12.7. The summed E-state index contributed by atoms with van der Waals surface area (Å²) in [5.41, 5.74) is 2.85. The number of nitrogens with zero attached hydrogens (tertiary/aromatic N) is 1. The highest BCUT2D eigenvalue weighted by atomic mass is 32.2. The molecule has 132 valence electrons. The second-order valence-corrected chi connectivity index (χ2v) is 8.70. The molecule has 0 saturated heterocycles. The van der Waals surface area contributed by atoms with E-state index in [1.54, 1.807) is 19.2 Å². The van der Waals surface area contributed by atoms with Crippen LogP contribution >= 0.6 is 11.3 Å². The molecule has 1 heterocycles. The normalized spacial score (nSPS) is 13.2. The van der Waals surface area contributed by atoms with Crippen LogP contribution in [0.1, 0.15) is 31.0 Å². The van der Waals surface area contributed by atoms with E-state index < -0.39 is 10.0 Å². The Bertz CT molecular complexity index is 1060. The molecule has 1 N–H and O–H groups in total. The van der Waals surface area contributed by atoms with Gasteiger partial charge in [-0.1, -0.05) is 42.5 Å². The first kappa shape index (κ1) is 17.8. The summed E-state index contributed by atoms with van der Waals surface area (Å²) in [6.45, 7) is 3.90. The molecule has 0 aliphatic rings. The first-order chi connectivity index (χ1) is 11.8. The van der Waals surface area contributed by atoms with Gasteiger partial charge < -0.3 is 4.57 Å². The number of hydrogen-bond donors (Lipinski definition) is 1. The van der Waals surface area contributed by atoms with Gasteiger partial charge in [0, 0.05) is 13.1 Å². The Morgan fingerprint density at radius 2 is 1.84 bits per heavy atom. The van der Waals surface area contributed by atoms with Crippen molar-refractivity contribution in [3.05, 3.63) is 63.3 Å². The summed E-state index contributed by atoms with van der Waals surface area (Å²) in [6.07, 6.45) is 0.945. The first-order valence-corrected chi connectivity index (χ1v) is 10.3. The predicted molar refractivity (Wildman–Crippen MR) is 102 cm³/mol. The molecular formula is C18H20N2O3S2. The van der Waals surface area contributed by atoms with Gasteiger partial charge in [0.05, 0.1) is 15.1 Å². The van der Waals surface area contributed by atoms with E-state index in [0.29, 0.717) is 4.70 Å². The van der Waals surface area contributed by atoms with Crippen molar-refractivity contribution in [1.29, 1.82) is 0 Å². The average Bonchev–Trinajstić information content (AvgIpc) is 2.88. The van der Waals surface area contributed by atoms with E-state index in [1.807, 2.05) is 31.2 Å². The van der Waals surface area contributed by atoms with Crippen molar-refractivity contribution in [2.45, 2.75) is 31.2 Å². The molecule has 0 aliphatic carbocycles. The van der Waals surface area contributed by atoms with Gasteiger partial charge in [0.1, 0.15) is 0 Å². The summed E-state index contributed by atoms with van der Waals surface area (Å²) in [5, 5.41) is 0. The van der Waals surface area contributed by atoms with Crippen LogP contribution in [0.25, 0.3) is 10.2 Å². The monoisotopic (exact) mass is 376 g/mol. The molecule has 7 heteroatoms. The highest BCUT2D eigenvalue weighted by molar-refractivity contribution is 7.89. The molecular weight excluding hydrogens is 356 g/mol. The van der Waals surface area contributed by atoms with Crippen LogP contribution in [0.3, 0.4) is 0 Å². The molecule has 1 unspecified atom stereocenters. The molecule has 0 spiro atoms. The van der Waals surface area contributed by atoms with Gasteiger partial charge in [-0.15, -0.1) is 0 Å². The van der Waals surface area contributed by atoms with Crippen molar-refractivity contribution >= 4 is 31.6 Å². The van der Waals surface area contributed by atoms with E-state index in [9.17, 15) is 13.2 Å². The predicted octanol–water partition coefficient (Wildman–Crippen LogP) is 3.20. The summed E-state index contributed by atoms with van der Waals surface area (Å²) < 4.78 is 30.2. The zero-order chi connectivity index (χ0) is 18.2. The van der Waals surface area contributed by atoms with Crippen molar-refractivity contribution < 1.29 is 8.42 Å². The number of thiazole rings is 1. The molecule has 5 nitrogen and oxygen atoms in total. The summed E-state index contributed by atoms with van der Waals surface area (Å²) in [7, 11) is -2.00. The number of aromatic nitrogens is 1. The third kappa shape index (κ3) is 3.53. The van der Waals surface area contributed by atoms with Crippen molar-refractivity contribution in [3.63, 3.8) is 0 Å². The fourth-order valence-electron chi connectivity index (χ4n) is 2.69. The molecule has 1 aromatic heterocycles. The third-order valence-electron chi connectivity index (χ3n) is 4.29. The topological polar surface area (TPSA) is 68.2 Å². The van der Waals surface area contributed by atoms with Crippen LogP contribution < -0.4 is 9.60 Å². The molecule has 3 aromatic rings. The van der Waals surface area contributed by atoms with E-state index in [-0.39, 0.29) is 15.8 Å². The fourth-order valence-corrected chi connectivity index (χ4v) is 4.94. The van der Waals surface area contributed by atoms with E-state index in [4.69, 9.17) is 0 Å². The lowest BCUT2D eigenvalue weighted by atomic mass is 10.1. The van der Waals surface area contributed by atoms with E-state index in [0.717, 1.165) is 28.8 Å². The lowest BCUT2D eigenvalue weighted by Gasteiger charge is -2.15. The molecule has 0 radical (unpaired) electrons. The van der Waals surface area contributed by atoms with Crippen molar-refractivity contribution in [1.82, 2.24) is 9.29 Å². The van der Waals surface area contributed by atoms with Gasteiger partial charge in [-0.25, -0.2) is 13.1 Å². The molecule has 3 rings (SSSR count). The SMILES string of the molecule is CCc1ccc(C(C)NS(=O)(=O)c2ccc3c(c2)sc(=O)n3C)cc1. The molecule has 0 fully saturated rings. The third-order valence-corrected chi connectivity index (χ3v) is 6.83. The first-order valence-electron chi connectivity index (χ1n) is 8.02. The van der Waals surface area contributed by atoms with Gasteiger partial charge in [-0.2, -0.15) is 0 Å². The van der Waals surface area contributed by atoms with Crippen molar-refractivity contribution in [3.8, 4) is 0 Å². The number of fused-ring (bicyclic) bond motifs is 1. The Kier molecular flexibility index (Phi) is 4.81. The van der Waals surface area contributed by atoms with Crippen LogP contribution in [0.2, 0.25) is 0 Å². The quantitative estimate of drug-likeness (QED) is 0.743. The number of hydrogen-bond acceptors (Lipinski definition) is 4. The lowest BCUT2D eigenvalue weighted by Crippen LogP contribution is -2.26. The zero-order valence-electron chi connectivity index (χ0n) is 14.3. The Labute approximate surface area is 151 Å². The van der Waals surface area contributed by atoms with Gasteiger partial charge in [-0.05, 0) is 42.7 Å². The summed E-state index contributed by atoms with van der Waals surface area (Å²) in [4.78, 5) is 11.8. The van der Waals surface area contributed by atoms with Crippen LogP contribution in [-0.2, 0) is 23.5 Å². The lowest BCUT2D eigenvalue weighted by molar-refractivity contribution is 0.567. The van der Waals surface area contributed by atoms with Gasteiger partial charge in [0.15, 0.2) is 0 Å². The Hall–Kier alpha value is -1.96. The minimum Gasteiger partial charge on any atom is -0.302 e. The highest BCUT2D eigenvalue weighted by Crippen LogP contribution is 2.23. The van der Waals surface area contributed by atoms with Crippen LogP contribution in [0.5, 0.6) is 0 Å². The van der Waals surface area contributed by atoms with Crippen molar-refractivity contribution in [2.75, 3.05) is 0 Å². The van der Waals surface area contributed by atoms with Gasteiger partial charge in [0.2, 0.25) is 10.0 Å². The van der Waals surface area contributed by atoms with Crippen molar-refractivity contribution in [2.24, 2.45) is 7.05 Å². The number of sulfonamides is 1. The number of aryl methyl sites for hydroxylation is 2. The maximum Gasteiger partial charge on any atom is 0.307 e. The number of rotatable bonds is 5. The minimum atomic E-state index is -3.67. The van der Waals surface area contributed by atoms with E-state index in [1.165, 1.54) is 16.2 Å². The summed E-state index contributed by atoms with van der Waals surface area (Å²) in [6, 6.07) is 12.3. The Balaban J connectivity index is 1.89.